The van der Waals surface area contributed by atoms with Gasteiger partial charge in [-0.15, -0.1) is 0 Å². The summed E-state index contributed by atoms with van der Waals surface area (Å²) in [7, 11) is 0. The van der Waals surface area contributed by atoms with Gasteiger partial charge >= 0.3 is 0 Å². The first kappa shape index (κ1) is 9.21. The van der Waals surface area contributed by atoms with Gasteiger partial charge in [0.15, 0.2) is 6.10 Å². The van der Waals surface area contributed by atoms with Crippen LogP contribution in [0.5, 0.6) is 0 Å². The second kappa shape index (κ2) is 3.80. The molecule has 0 aliphatic carbocycles. The number of pyridine rings is 1. The fourth-order valence-electron chi connectivity index (χ4n) is 1.55. The van der Waals surface area contributed by atoms with Gasteiger partial charge in [0, 0.05) is 12.6 Å². The molecule has 0 bridgehead atoms. The van der Waals surface area contributed by atoms with Crippen LogP contribution in [0.15, 0.2) is 30.2 Å². The summed E-state index contributed by atoms with van der Waals surface area (Å²) in [6.07, 6.45) is 3.76. The van der Waals surface area contributed by atoms with E-state index >= 15 is 0 Å². The van der Waals surface area contributed by atoms with E-state index in [4.69, 9.17) is 4.74 Å². The average molecular weight is 191 g/mol. The maximum Gasteiger partial charge on any atom is 0.153 e. The predicted molar refractivity (Wildman–Crippen MR) is 52.6 cm³/mol. The Kier molecular flexibility index (Phi) is 2.50. The third-order valence-corrected chi connectivity index (χ3v) is 2.31. The molecule has 0 amide bonds. The Labute approximate surface area is 83.1 Å². The van der Waals surface area contributed by atoms with E-state index in [1.54, 1.807) is 6.20 Å². The molecule has 1 aliphatic heterocycles. The van der Waals surface area contributed by atoms with Gasteiger partial charge in [0.1, 0.15) is 5.76 Å². The number of aromatic nitrogens is 1. The quantitative estimate of drug-likeness (QED) is 0.774. The highest BCUT2D eigenvalue weighted by Crippen LogP contribution is 2.26. The van der Waals surface area contributed by atoms with Crippen molar-refractivity contribution in [1.29, 1.82) is 0 Å². The van der Waals surface area contributed by atoms with E-state index in [0.29, 0.717) is 18.1 Å². The van der Waals surface area contributed by atoms with Gasteiger partial charge in [-0.05, 0) is 24.6 Å². The molecule has 0 spiro atoms. The van der Waals surface area contributed by atoms with Crippen LogP contribution in [0.4, 0.5) is 0 Å². The molecule has 0 fully saturated rings. The second-order valence-corrected chi connectivity index (χ2v) is 3.35. The van der Waals surface area contributed by atoms with Gasteiger partial charge < -0.3 is 9.84 Å². The summed E-state index contributed by atoms with van der Waals surface area (Å²) in [5.74, 6) is 0.631. The van der Waals surface area contributed by atoms with Crippen LogP contribution in [0.2, 0.25) is 0 Å². The molecule has 1 aromatic rings. The van der Waals surface area contributed by atoms with Crippen LogP contribution < -0.4 is 0 Å². The molecule has 3 heteroatoms. The van der Waals surface area contributed by atoms with E-state index in [-0.39, 0.29) is 0 Å². The normalized spacial score (nSPS) is 17.4. The minimum Gasteiger partial charge on any atom is -0.495 e. The zero-order valence-corrected chi connectivity index (χ0v) is 8.10. The van der Waals surface area contributed by atoms with Crippen molar-refractivity contribution in [2.45, 2.75) is 19.4 Å². The van der Waals surface area contributed by atoms with Gasteiger partial charge in [0.2, 0.25) is 0 Å². The van der Waals surface area contributed by atoms with Gasteiger partial charge in [-0.1, -0.05) is 6.07 Å². The Morgan fingerprint density at radius 3 is 3.07 bits per heavy atom. The summed E-state index contributed by atoms with van der Waals surface area (Å²) in [5, 5.41) is 9.95. The summed E-state index contributed by atoms with van der Waals surface area (Å²) >= 11 is 0. The number of hydrogen-bond acceptors (Lipinski definition) is 3. The lowest BCUT2D eigenvalue weighted by Gasteiger charge is -2.13. The van der Waals surface area contributed by atoms with Crippen molar-refractivity contribution in [3.8, 4) is 0 Å². The van der Waals surface area contributed by atoms with Crippen molar-refractivity contribution in [2.24, 2.45) is 0 Å². The fraction of sp³-hybridized carbons (Fsp3) is 0.364. The molecule has 3 nitrogen and oxygen atoms in total. The van der Waals surface area contributed by atoms with E-state index < -0.39 is 6.10 Å². The monoisotopic (exact) mass is 191 g/mol. The Bertz CT molecular complexity index is 360. The fourth-order valence-corrected chi connectivity index (χ4v) is 1.55. The number of rotatable bonds is 2. The molecule has 0 saturated carbocycles. The maximum absolute atomic E-state index is 9.95. The van der Waals surface area contributed by atoms with Crippen LogP contribution in [-0.4, -0.2) is 16.7 Å². The number of aryl methyl sites for hydroxylation is 1. The topological polar surface area (TPSA) is 42.4 Å². The number of aliphatic hydroxyl groups excluding tert-OH is 1. The first-order valence-electron chi connectivity index (χ1n) is 4.71. The van der Waals surface area contributed by atoms with Crippen molar-refractivity contribution in [1.82, 2.24) is 4.98 Å². The first-order chi connectivity index (χ1) is 6.79. The lowest BCUT2D eigenvalue weighted by atomic mass is 10.1. The molecule has 1 atom stereocenters. The lowest BCUT2D eigenvalue weighted by Crippen LogP contribution is -2.06. The zero-order chi connectivity index (χ0) is 9.97. The molecular formula is C11H13NO2. The predicted octanol–water partition coefficient (Wildman–Crippen LogP) is 1.73. The second-order valence-electron chi connectivity index (χ2n) is 3.35. The summed E-state index contributed by atoms with van der Waals surface area (Å²) in [6.45, 7) is 2.60. The van der Waals surface area contributed by atoms with Crippen molar-refractivity contribution in [3.63, 3.8) is 0 Å². The Morgan fingerprint density at radius 2 is 2.43 bits per heavy atom. The molecular weight excluding hydrogens is 178 g/mol. The minimum absolute atomic E-state index is 0.631. The molecule has 74 valence electrons. The van der Waals surface area contributed by atoms with Crippen molar-refractivity contribution in [2.75, 3.05) is 6.61 Å². The van der Waals surface area contributed by atoms with Gasteiger partial charge in [0.25, 0.3) is 0 Å². The van der Waals surface area contributed by atoms with E-state index in [1.165, 1.54) is 0 Å². The number of nitrogens with zero attached hydrogens (tertiary/aromatic N) is 1. The van der Waals surface area contributed by atoms with Crippen LogP contribution in [-0.2, 0) is 4.74 Å². The van der Waals surface area contributed by atoms with Crippen LogP contribution in [0.25, 0.3) is 0 Å². The minimum atomic E-state index is -0.710. The highest BCUT2D eigenvalue weighted by Gasteiger charge is 2.20. The molecule has 0 aromatic carbocycles. The SMILES string of the molecule is Cc1cccnc1C(O)C1=CCCO1. The number of ether oxygens (including phenoxy) is 1. The van der Waals surface area contributed by atoms with Gasteiger partial charge in [-0.25, -0.2) is 0 Å². The van der Waals surface area contributed by atoms with E-state index in [9.17, 15) is 5.11 Å². The molecule has 1 unspecified atom stereocenters. The molecule has 0 radical (unpaired) electrons. The van der Waals surface area contributed by atoms with Crippen LogP contribution in [0.1, 0.15) is 23.8 Å². The highest BCUT2D eigenvalue weighted by molar-refractivity contribution is 5.25. The van der Waals surface area contributed by atoms with E-state index in [2.05, 4.69) is 4.98 Å². The van der Waals surface area contributed by atoms with E-state index in [1.807, 2.05) is 25.1 Å². The largest absolute Gasteiger partial charge is 0.495 e. The summed E-state index contributed by atoms with van der Waals surface area (Å²) in [5.41, 5.74) is 1.66. The third kappa shape index (κ3) is 1.63. The third-order valence-electron chi connectivity index (χ3n) is 2.31. The molecule has 1 aliphatic rings. The van der Waals surface area contributed by atoms with Crippen molar-refractivity contribution < 1.29 is 9.84 Å². The van der Waals surface area contributed by atoms with Gasteiger partial charge in [0.05, 0.1) is 12.3 Å². The number of hydrogen-bond donors (Lipinski definition) is 1. The average Bonchev–Trinajstić information content (AvgIpc) is 2.70. The smallest absolute Gasteiger partial charge is 0.153 e. The van der Waals surface area contributed by atoms with Crippen LogP contribution in [0.3, 0.4) is 0 Å². The lowest BCUT2D eigenvalue weighted by molar-refractivity contribution is 0.115. The molecule has 14 heavy (non-hydrogen) atoms. The van der Waals surface area contributed by atoms with E-state index in [0.717, 1.165) is 12.0 Å². The van der Waals surface area contributed by atoms with Crippen LogP contribution in [0, 0.1) is 6.92 Å². The zero-order valence-electron chi connectivity index (χ0n) is 8.10. The van der Waals surface area contributed by atoms with Gasteiger partial charge in [-0.3, -0.25) is 4.98 Å². The number of aliphatic hydroxyl groups is 1. The molecule has 0 saturated heterocycles. The summed E-state index contributed by atoms with van der Waals surface area (Å²) < 4.78 is 5.30. The van der Waals surface area contributed by atoms with Crippen molar-refractivity contribution in [3.05, 3.63) is 41.4 Å². The highest BCUT2D eigenvalue weighted by atomic mass is 16.5. The first-order valence-corrected chi connectivity index (χ1v) is 4.71. The molecule has 2 rings (SSSR count). The Hall–Kier alpha value is -1.35. The molecule has 1 aromatic heterocycles. The van der Waals surface area contributed by atoms with Crippen molar-refractivity contribution >= 4 is 0 Å². The summed E-state index contributed by atoms with van der Waals surface area (Å²) in [4.78, 5) is 4.15. The molecule has 1 N–H and O–H groups in total. The molecule has 2 heterocycles. The van der Waals surface area contributed by atoms with Crippen LogP contribution >= 0.6 is 0 Å². The Morgan fingerprint density at radius 1 is 1.57 bits per heavy atom. The summed E-state index contributed by atoms with van der Waals surface area (Å²) in [6, 6.07) is 3.79. The maximum atomic E-state index is 9.95. The Balaban J connectivity index is 2.26. The van der Waals surface area contributed by atoms with Gasteiger partial charge in [-0.2, -0.15) is 0 Å². The standard InChI is InChI=1S/C11H13NO2/c1-8-4-2-6-12-10(8)11(13)9-5-3-7-14-9/h2,4-6,11,13H,3,7H2,1H3.